The van der Waals surface area contributed by atoms with Crippen molar-refractivity contribution in [3.8, 4) is 0 Å². The molecule has 0 spiro atoms. The molecule has 0 atom stereocenters. The number of aryl methyl sites for hydroxylation is 1. The molecule has 1 heterocycles. The van der Waals surface area contributed by atoms with Gasteiger partial charge < -0.3 is 10.4 Å². The Morgan fingerprint density at radius 1 is 1.35 bits per heavy atom. The van der Waals surface area contributed by atoms with Crippen LogP contribution in [0.2, 0.25) is 0 Å². The van der Waals surface area contributed by atoms with Crippen molar-refractivity contribution in [1.29, 1.82) is 0 Å². The quantitative estimate of drug-likeness (QED) is 0.409. The van der Waals surface area contributed by atoms with Gasteiger partial charge in [-0.05, 0) is 25.8 Å². The molecule has 7 nitrogen and oxygen atoms in total. The highest BCUT2D eigenvalue weighted by molar-refractivity contribution is 5.66. The molecule has 0 saturated carbocycles. The molecule has 0 amide bonds. The number of anilines is 1. The predicted octanol–water partition coefficient (Wildman–Crippen LogP) is 2.75. The van der Waals surface area contributed by atoms with Gasteiger partial charge in [0.15, 0.2) is 0 Å². The van der Waals surface area contributed by atoms with Crippen molar-refractivity contribution < 1.29 is 14.8 Å². The Kier molecular flexibility index (Phi) is 6.42. The van der Waals surface area contributed by atoms with Gasteiger partial charge in [-0.15, -0.1) is 0 Å². The van der Waals surface area contributed by atoms with E-state index in [-0.39, 0.29) is 12.1 Å². The molecular weight excluding hydrogens is 262 g/mol. The number of nitrogens with zero attached hydrogens (tertiary/aromatic N) is 2. The van der Waals surface area contributed by atoms with E-state index in [1.54, 1.807) is 13.0 Å². The summed E-state index contributed by atoms with van der Waals surface area (Å²) < 4.78 is 0. The summed E-state index contributed by atoms with van der Waals surface area (Å²) in [5.74, 6) is -0.483. The van der Waals surface area contributed by atoms with Gasteiger partial charge in [-0.3, -0.25) is 14.9 Å². The van der Waals surface area contributed by atoms with Crippen molar-refractivity contribution in [1.82, 2.24) is 4.98 Å². The highest BCUT2D eigenvalue weighted by atomic mass is 16.6. The third kappa shape index (κ3) is 5.64. The summed E-state index contributed by atoms with van der Waals surface area (Å²) >= 11 is 0. The van der Waals surface area contributed by atoms with Crippen molar-refractivity contribution in [3.63, 3.8) is 0 Å². The number of pyridine rings is 1. The summed E-state index contributed by atoms with van der Waals surface area (Å²) in [7, 11) is 0. The Balaban J connectivity index is 2.33. The Morgan fingerprint density at radius 2 is 2.05 bits per heavy atom. The molecule has 0 aromatic carbocycles. The zero-order chi connectivity index (χ0) is 15.0. The molecule has 1 rings (SSSR count). The molecule has 0 aliphatic carbocycles. The molecule has 2 N–H and O–H groups in total. The second kappa shape index (κ2) is 8.08. The number of aromatic nitrogens is 1. The van der Waals surface area contributed by atoms with Gasteiger partial charge in [-0.2, -0.15) is 0 Å². The largest absolute Gasteiger partial charge is 0.481 e. The van der Waals surface area contributed by atoms with Crippen LogP contribution in [0.5, 0.6) is 0 Å². The van der Waals surface area contributed by atoms with Crippen LogP contribution in [0.3, 0.4) is 0 Å². The van der Waals surface area contributed by atoms with Gasteiger partial charge in [0.05, 0.1) is 4.92 Å². The molecular formula is C13H19N3O4. The Hall–Kier alpha value is -2.18. The molecule has 1 aromatic heterocycles. The number of carboxylic acids is 1. The Morgan fingerprint density at radius 3 is 2.70 bits per heavy atom. The first-order valence-corrected chi connectivity index (χ1v) is 6.58. The first kappa shape index (κ1) is 15.9. The summed E-state index contributed by atoms with van der Waals surface area (Å²) in [4.78, 5) is 24.8. The van der Waals surface area contributed by atoms with E-state index < -0.39 is 10.9 Å². The van der Waals surface area contributed by atoms with E-state index in [9.17, 15) is 14.9 Å². The van der Waals surface area contributed by atoms with Crippen LogP contribution in [0, 0.1) is 17.0 Å². The van der Waals surface area contributed by atoms with Gasteiger partial charge in [0.25, 0.3) is 0 Å². The van der Waals surface area contributed by atoms with E-state index in [0.717, 1.165) is 25.0 Å². The third-order valence-electron chi connectivity index (χ3n) is 2.82. The van der Waals surface area contributed by atoms with E-state index in [1.165, 1.54) is 6.07 Å². The molecule has 0 unspecified atom stereocenters. The van der Waals surface area contributed by atoms with E-state index in [1.807, 2.05) is 0 Å². The van der Waals surface area contributed by atoms with Gasteiger partial charge in [0, 0.05) is 24.7 Å². The fourth-order valence-corrected chi connectivity index (χ4v) is 1.79. The van der Waals surface area contributed by atoms with Gasteiger partial charge in [0.1, 0.15) is 0 Å². The Bertz CT molecular complexity index is 477. The number of unbranched alkanes of at least 4 members (excludes halogenated alkanes) is 3. The number of nitrogens with one attached hydrogen (secondary N) is 1. The van der Waals surface area contributed by atoms with Crippen molar-refractivity contribution in [2.24, 2.45) is 0 Å². The highest BCUT2D eigenvalue weighted by Crippen LogP contribution is 2.21. The maximum absolute atomic E-state index is 10.8. The summed E-state index contributed by atoms with van der Waals surface area (Å²) in [6, 6.07) is 3.05. The molecule has 0 bridgehead atoms. The van der Waals surface area contributed by atoms with Crippen LogP contribution in [0.15, 0.2) is 12.1 Å². The summed E-state index contributed by atoms with van der Waals surface area (Å²) in [6.07, 6.45) is 3.42. The molecule has 1 aromatic rings. The molecule has 0 aliphatic heterocycles. The van der Waals surface area contributed by atoms with Gasteiger partial charge >= 0.3 is 11.7 Å². The standard InChI is InChI=1S/C13H19N3O4/c1-10-7-8-11(16(19)20)13(15-10)14-9-5-3-2-4-6-12(17)18/h7-8H,2-6,9H2,1H3,(H,14,15)(H,17,18). The number of rotatable bonds is 9. The maximum Gasteiger partial charge on any atom is 0.311 e. The predicted molar refractivity (Wildman–Crippen MR) is 74.8 cm³/mol. The molecule has 0 aliphatic rings. The zero-order valence-corrected chi connectivity index (χ0v) is 11.5. The number of aliphatic carboxylic acids is 1. The highest BCUT2D eigenvalue weighted by Gasteiger charge is 2.14. The number of hydrogen-bond donors (Lipinski definition) is 2. The van der Waals surface area contributed by atoms with E-state index in [2.05, 4.69) is 10.3 Å². The summed E-state index contributed by atoms with van der Waals surface area (Å²) in [5.41, 5.74) is 0.695. The molecule has 110 valence electrons. The number of carbonyl (C=O) groups is 1. The monoisotopic (exact) mass is 281 g/mol. The van der Waals surface area contributed by atoms with Crippen LogP contribution >= 0.6 is 0 Å². The van der Waals surface area contributed by atoms with Crippen LogP contribution < -0.4 is 5.32 Å². The normalized spacial score (nSPS) is 10.2. The average Bonchev–Trinajstić information content (AvgIpc) is 2.37. The molecule has 0 fully saturated rings. The fraction of sp³-hybridized carbons (Fsp3) is 0.538. The smallest absolute Gasteiger partial charge is 0.311 e. The second-order valence-corrected chi connectivity index (χ2v) is 4.56. The SMILES string of the molecule is Cc1ccc([N+](=O)[O-])c(NCCCCCCC(=O)O)n1. The van der Waals surface area contributed by atoms with Crippen LogP contribution in [0.25, 0.3) is 0 Å². The first-order valence-electron chi connectivity index (χ1n) is 6.58. The van der Waals surface area contributed by atoms with Crippen LogP contribution in [-0.2, 0) is 4.79 Å². The van der Waals surface area contributed by atoms with Gasteiger partial charge in [-0.1, -0.05) is 12.8 Å². The maximum atomic E-state index is 10.8. The topological polar surface area (TPSA) is 105 Å². The van der Waals surface area contributed by atoms with Gasteiger partial charge in [-0.25, -0.2) is 4.98 Å². The van der Waals surface area contributed by atoms with E-state index >= 15 is 0 Å². The minimum atomic E-state index is -0.775. The number of nitro groups is 1. The lowest BCUT2D eigenvalue weighted by atomic mass is 10.1. The second-order valence-electron chi connectivity index (χ2n) is 4.56. The molecule has 7 heteroatoms. The van der Waals surface area contributed by atoms with Crippen LogP contribution in [0.1, 0.15) is 37.8 Å². The van der Waals surface area contributed by atoms with E-state index in [0.29, 0.717) is 18.8 Å². The Labute approximate surface area is 117 Å². The summed E-state index contributed by atoms with van der Waals surface area (Å²) in [6.45, 7) is 2.37. The summed E-state index contributed by atoms with van der Waals surface area (Å²) in [5, 5.41) is 22.3. The minimum Gasteiger partial charge on any atom is -0.481 e. The number of carboxylic acid groups (broad SMARTS) is 1. The molecule has 0 radical (unpaired) electrons. The van der Waals surface area contributed by atoms with Crippen LogP contribution in [0.4, 0.5) is 11.5 Å². The minimum absolute atomic E-state index is 0.0264. The lowest BCUT2D eigenvalue weighted by Crippen LogP contribution is -2.07. The zero-order valence-electron chi connectivity index (χ0n) is 11.5. The molecule has 0 saturated heterocycles. The van der Waals surface area contributed by atoms with Gasteiger partial charge in [0.2, 0.25) is 5.82 Å². The molecule has 20 heavy (non-hydrogen) atoms. The lowest BCUT2D eigenvalue weighted by Gasteiger charge is -2.06. The first-order chi connectivity index (χ1) is 9.50. The average molecular weight is 281 g/mol. The fourth-order valence-electron chi connectivity index (χ4n) is 1.79. The van der Waals surface area contributed by atoms with Crippen molar-refractivity contribution in [2.75, 3.05) is 11.9 Å². The van der Waals surface area contributed by atoms with Crippen molar-refractivity contribution in [2.45, 2.75) is 39.0 Å². The number of hydrogen-bond acceptors (Lipinski definition) is 5. The lowest BCUT2D eigenvalue weighted by molar-refractivity contribution is -0.384. The third-order valence-corrected chi connectivity index (χ3v) is 2.82. The van der Waals surface area contributed by atoms with E-state index in [4.69, 9.17) is 5.11 Å². The van der Waals surface area contributed by atoms with Crippen molar-refractivity contribution in [3.05, 3.63) is 27.9 Å². The van der Waals surface area contributed by atoms with Crippen LogP contribution in [-0.4, -0.2) is 27.5 Å². The van der Waals surface area contributed by atoms with Crippen molar-refractivity contribution >= 4 is 17.5 Å².